The molecule has 0 aliphatic rings. The van der Waals surface area contributed by atoms with Gasteiger partial charge in [0.05, 0.1) is 0 Å². The fraction of sp³-hybridized carbons (Fsp3) is 0.409. The molecule has 1 amide bonds. The van der Waals surface area contributed by atoms with Crippen molar-refractivity contribution < 1.29 is 9.53 Å². The zero-order chi connectivity index (χ0) is 18.6. The zero-order valence-corrected chi connectivity index (χ0v) is 15.6. The first kappa shape index (κ1) is 20.0. The predicted octanol–water partition coefficient (Wildman–Crippen LogP) is 4.07. The lowest BCUT2D eigenvalue weighted by molar-refractivity contribution is 0.139. The van der Waals surface area contributed by atoms with E-state index < -0.39 is 0 Å². The molecule has 0 aliphatic heterocycles. The van der Waals surface area contributed by atoms with Gasteiger partial charge in [0.15, 0.2) is 0 Å². The van der Waals surface area contributed by atoms with Gasteiger partial charge in [-0.2, -0.15) is 0 Å². The molecular weight excluding hydrogens is 324 g/mol. The van der Waals surface area contributed by atoms with Gasteiger partial charge < -0.3 is 15.8 Å². The monoisotopic (exact) mass is 354 g/mol. The second-order valence-corrected chi connectivity index (χ2v) is 6.74. The normalized spacial score (nSPS) is 11.8. The smallest absolute Gasteiger partial charge is 0.407 e. The number of carbonyl (C=O) groups is 1. The van der Waals surface area contributed by atoms with Crippen molar-refractivity contribution in [1.82, 2.24) is 5.32 Å². The molecule has 3 N–H and O–H groups in total. The minimum Gasteiger partial charge on any atom is -0.445 e. The van der Waals surface area contributed by atoms with E-state index in [1.54, 1.807) is 0 Å². The number of aryl methyl sites for hydroxylation is 2. The van der Waals surface area contributed by atoms with Crippen LogP contribution in [0.1, 0.15) is 36.5 Å². The maximum absolute atomic E-state index is 11.8. The first-order valence-corrected chi connectivity index (χ1v) is 9.40. The molecule has 0 unspecified atom stereocenters. The molecule has 140 valence electrons. The van der Waals surface area contributed by atoms with Crippen LogP contribution >= 0.6 is 0 Å². The second-order valence-electron chi connectivity index (χ2n) is 6.74. The number of rotatable bonds is 10. The van der Waals surface area contributed by atoms with Gasteiger partial charge in [-0.1, -0.05) is 61.5 Å². The van der Waals surface area contributed by atoms with Gasteiger partial charge in [-0.05, 0) is 54.8 Å². The van der Waals surface area contributed by atoms with Crippen molar-refractivity contribution in [3.05, 3.63) is 71.3 Å². The van der Waals surface area contributed by atoms with Crippen molar-refractivity contribution in [2.45, 2.75) is 39.2 Å². The average molecular weight is 354 g/mol. The third-order valence-electron chi connectivity index (χ3n) is 4.53. The molecule has 0 radical (unpaired) electrons. The van der Waals surface area contributed by atoms with Crippen LogP contribution < -0.4 is 11.1 Å². The number of amides is 1. The highest BCUT2D eigenvalue weighted by Crippen LogP contribution is 2.15. The quantitative estimate of drug-likeness (QED) is 0.632. The summed E-state index contributed by atoms with van der Waals surface area (Å²) in [7, 11) is 0. The minimum atomic E-state index is -0.362. The molecule has 0 saturated carbocycles. The maximum atomic E-state index is 11.8. The summed E-state index contributed by atoms with van der Waals surface area (Å²) in [5.74, 6) is 0.545. The highest BCUT2D eigenvalue weighted by atomic mass is 16.5. The lowest BCUT2D eigenvalue weighted by Crippen LogP contribution is -2.25. The van der Waals surface area contributed by atoms with E-state index in [9.17, 15) is 4.79 Å². The third-order valence-corrected chi connectivity index (χ3v) is 4.53. The number of alkyl carbamates (subject to hydrolysis) is 1. The molecule has 0 aromatic heterocycles. The summed E-state index contributed by atoms with van der Waals surface area (Å²) in [5.41, 5.74) is 9.45. The summed E-state index contributed by atoms with van der Waals surface area (Å²) >= 11 is 0. The number of nitrogens with one attached hydrogen (secondary N) is 1. The summed E-state index contributed by atoms with van der Waals surface area (Å²) < 4.78 is 5.22. The van der Waals surface area contributed by atoms with E-state index in [1.807, 2.05) is 30.3 Å². The molecule has 0 fully saturated rings. The molecular formula is C22H30N2O2. The van der Waals surface area contributed by atoms with Crippen LogP contribution in [0.3, 0.4) is 0 Å². The Morgan fingerprint density at radius 3 is 2.38 bits per heavy atom. The molecule has 0 saturated heterocycles. The standard InChI is InChI=1S/C22H30N2O2/c1-18(16-23)13-14-21-11-6-5-10-20(21)12-7-15-24-22(25)26-17-19-8-3-2-4-9-19/h2-6,8-11,18H,7,12-17,23H2,1H3,(H,24,25)/t18-/m0/s1. The van der Waals surface area contributed by atoms with Gasteiger partial charge in [-0.25, -0.2) is 4.79 Å². The van der Waals surface area contributed by atoms with Gasteiger partial charge in [0, 0.05) is 6.54 Å². The van der Waals surface area contributed by atoms with E-state index in [0.717, 1.165) is 37.8 Å². The zero-order valence-electron chi connectivity index (χ0n) is 15.6. The minimum absolute atomic E-state index is 0.300. The van der Waals surface area contributed by atoms with Crippen molar-refractivity contribution in [2.75, 3.05) is 13.1 Å². The van der Waals surface area contributed by atoms with Crippen molar-refractivity contribution in [1.29, 1.82) is 0 Å². The Balaban J connectivity index is 1.68. The van der Waals surface area contributed by atoms with Crippen molar-refractivity contribution in [3.8, 4) is 0 Å². The van der Waals surface area contributed by atoms with E-state index >= 15 is 0 Å². The van der Waals surface area contributed by atoms with Gasteiger partial charge in [-0.3, -0.25) is 0 Å². The van der Waals surface area contributed by atoms with E-state index in [0.29, 0.717) is 19.1 Å². The van der Waals surface area contributed by atoms with Crippen molar-refractivity contribution in [3.63, 3.8) is 0 Å². The molecule has 2 rings (SSSR count). The van der Waals surface area contributed by atoms with Crippen LogP contribution in [0.4, 0.5) is 4.79 Å². The molecule has 0 bridgehead atoms. The van der Waals surface area contributed by atoms with Gasteiger partial charge >= 0.3 is 6.09 Å². The Kier molecular flexibility index (Phi) is 8.70. The molecule has 1 atom stereocenters. The molecule has 4 heteroatoms. The average Bonchev–Trinajstić information content (AvgIpc) is 2.69. The highest BCUT2D eigenvalue weighted by molar-refractivity contribution is 5.67. The third kappa shape index (κ3) is 7.28. The summed E-state index contributed by atoms with van der Waals surface area (Å²) in [5, 5.41) is 2.82. The Labute approximate surface area is 156 Å². The van der Waals surface area contributed by atoms with Crippen LogP contribution in [0.25, 0.3) is 0 Å². The summed E-state index contributed by atoms with van der Waals surface area (Å²) in [6, 6.07) is 18.2. The molecule has 0 heterocycles. The molecule has 0 aliphatic carbocycles. The van der Waals surface area contributed by atoms with Gasteiger partial charge in [-0.15, -0.1) is 0 Å². The Bertz CT molecular complexity index is 658. The van der Waals surface area contributed by atoms with Crippen LogP contribution in [-0.4, -0.2) is 19.2 Å². The summed E-state index contributed by atoms with van der Waals surface area (Å²) in [6.45, 7) is 3.83. The molecule has 2 aromatic carbocycles. The summed E-state index contributed by atoms with van der Waals surface area (Å²) in [6.07, 6.45) is 3.65. The lowest BCUT2D eigenvalue weighted by atomic mass is 9.95. The van der Waals surface area contributed by atoms with E-state index in [4.69, 9.17) is 10.5 Å². The van der Waals surface area contributed by atoms with Crippen LogP contribution in [0.2, 0.25) is 0 Å². The molecule has 26 heavy (non-hydrogen) atoms. The largest absolute Gasteiger partial charge is 0.445 e. The SMILES string of the molecule is C[C@H](CN)CCc1ccccc1CCCNC(=O)OCc1ccccc1. The van der Waals surface area contributed by atoms with Crippen LogP contribution in [-0.2, 0) is 24.2 Å². The number of hydrogen-bond donors (Lipinski definition) is 2. The van der Waals surface area contributed by atoms with Gasteiger partial charge in [0.2, 0.25) is 0 Å². The van der Waals surface area contributed by atoms with E-state index in [2.05, 4.69) is 36.5 Å². The Morgan fingerprint density at radius 2 is 1.69 bits per heavy atom. The van der Waals surface area contributed by atoms with Crippen molar-refractivity contribution in [2.24, 2.45) is 11.7 Å². The molecule has 2 aromatic rings. The van der Waals surface area contributed by atoms with Crippen LogP contribution in [0, 0.1) is 5.92 Å². The number of carbonyl (C=O) groups excluding carboxylic acids is 1. The second kappa shape index (κ2) is 11.3. The predicted molar refractivity (Wildman–Crippen MR) is 106 cm³/mol. The van der Waals surface area contributed by atoms with Crippen LogP contribution in [0.15, 0.2) is 54.6 Å². The molecule has 4 nitrogen and oxygen atoms in total. The Hall–Kier alpha value is -2.33. The highest BCUT2D eigenvalue weighted by Gasteiger charge is 2.06. The first-order valence-electron chi connectivity index (χ1n) is 9.40. The number of nitrogens with two attached hydrogens (primary N) is 1. The Morgan fingerprint density at radius 1 is 1.04 bits per heavy atom. The van der Waals surface area contributed by atoms with Crippen molar-refractivity contribution >= 4 is 6.09 Å². The van der Waals surface area contributed by atoms with Gasteiger partial charge in [0.25, 0.3) is 0 Å². The fourth-order valence-corrected chi connectivity index (χ4v) is 2.81. The van der Waals surface area contributed by atoms with Crippen LogP contribution in [0.5, 0.6) is 0 Å². The number of benzene rings is 2. The summed E-state index contributed by atoms with van der Waals surface area (Å²) in [4.78, 5) is 11.8. The fourth-order valence-electron chi connectivity index (χ4n) is 2.81. The maximum Gasteiger partial charge on any atom is 0.407 e. The molecule has 0 spiro atoms. The van der Waals surface area contributed by atoms with E-state index in [1.165, 1.54) is 11.1 Å². The lowest BCUT2D eigenvalue weighted by Gasteiger charge is -2.12. The van der Waals surface area contributed by atoms with Gasteiger partial charge in [0.1, 0.15) is 6.61 Å². The van der Waals surface area contributed by atoms with E-state index in [-0.39, 0.29) is 6.09 Å². The number of hydrogen-bond acceptors (Lipinski definition) is 3. The topological polar surface area (TPSA) is 64.3 Å². The first-order chi connectivity index (χ1) is 12.7. The number of ether oxygens (including phenoxy) is 1.